The molecule has 7 aromatic carbocycles. The lowest BCUT2D eigenvalue weighted by atomic mass is 9.79. The first-order valence-corrected chi connectivity index (χ1v) is 20.4. The molecule has 3 heterocycles. The highest BCUT2D eigenvalue weighted by atomic mass is 16.3. The molecule has 10 aromatic rings. The van der Waals surface area contributed by atoms with E-state index in [1.54, 1.807) is 0 Å². The van der Waals surface area contributed by atoms with Gasteiger partial charge in [0.1, 0.15) is 11.2 Å². The molecule has 57 heavy (non-hydrogen) atoms. The number of hydrogen-bond donors (Lipinski definition) is 0. The van der Waals surface area contributed by atoms with E-state index in [4.69, 9.17) is 4.42 Å². The van der Waals surface area contributed by atoms with Crippen LogP contribution in [0.1, 0.15) is 79.0 Å². The summed E-state index contributed by atoms with van der Waals surface area (Å²) < 4.78 is 11.9. The van der Waals surface area contributed by atoms with Crippen molar-refractivity contribution in [1.29, 1.82) is 0 Å². The average molecular weight is 743 g/mol. The van der Waals surface area contributed by atoms with Crippen LogP contribution in [0.4, 0.5) is 0 Å². The SMILES string of the molecule is CC(C)(C)c1cc(C(C)(C)C)c2oc3c(C(C)(C)C)cc(-n4c5ccccc5c5cc(-c6ccc7c(c6)c6ccccc6n7-c6ccccc6)ccc54)cc3c2c1. The van der Waals surface area contributed by atoms with Gasteiger partial charge in [-0.1, -0.05) is 135 Å². The second-order valence-corrected chi connectivity index (χ2v) is 19.1. The summed E-state index contributed by atoms with van der Waals surface area (Å²) in [6.07, 6.45) is 0. The second-order valence-electron chi connectivity index (χ2n) is 19.1. The van der Waals surface area contributed by atoms with E-state index in [0.29, 0.717) is 0 Å². The van der Waals surface area contributed by atoms with E-state index in [9.17, 15) is 0 Å². The molecule has 10 rings (SSSR count). The normalized spacial score (nSPS) is 13.0. The molecule has 0 N–H and O–H groups in total. The van der Waals surface area contributed by atoms with Crippen molar-refractivity contribution in [3.8, 4) is 22.5 Å². The molecule has 0 fully saturated rings. The number of nitrogens with zero attached hydrogens (tertiary/aromatic N) is 2. The monoisotopic (exact) mass is 742 g/mol. The summed E-state index contributed by atoms with van der Waals surface area (Å²) in [7, 11) is 0. The van der Waals surface area contributed by atoms with Gasteiger partial charge in [-0.15, -0.1) is 0 Å². The summed E-state index contributed by atoms with van der Waals surface area (Å²) >= 11 is 0. The Morgan fingerprint density at radius 1 is 0.351 bits per heavy atom. The van der Waals surface area contributed by atoms with Crippen LogP contribution in [0.2, 0.25) is 0 Å². The highest BCUT2D eigenvalue weighted by Crippen LogP contribution is 2.45. The average Bonchev–Trinajstić information content (AvgIpc) is 3.83. The van der Waals surface area contributed by atoms with Gasteiger partial charge in [-0.2, -0.15) is 0 Å². The lowest BCUT2D eigenvalue weighted by Crippen LogP contribution is -2.16. The first kappa shape index (κ1) is 35.4. The molecule has 0 unspecified atom stereocenters. The minimum Gasteiger partial charge on any atom is -0.455 e. The minimum atomic E-state index is -0.148. The van der Waals surface area contributed by atoms with Gasteiger partial charge in [0.25, 0.3) is 0 Å². The number of rotatable bonds is 3. The van der Waals surface area contributed by atoms with Crippen molar-refractivity contribution in [3.63, 3.8) is 0 Å². The van der Waals surface area contributed by atoms with Gasteiger partial charge in [-0.3, -0.25) is 0 Å². The molecule has 282 valence electrons. The van der Waals surface area contributed by atoms with Crippen LogP contribution in [0, 0.1) is 0 Å². The number of hydrogen-bond acceptors (Lipinski definition) is 1. The summed E-state index contributed by atoms with van der Waals surface area (Å²) in [4.78, 5) is 0. The Hall–Kier alpha value is -6.06. The summed E-state index contributed by atoms with van der Waals surface area (Å²) in [5.74, 6) is 0. The topological polar surface area (TPSA) is 23.0 Å². The van der Waals surface area contributed by atoms with Gasteiger partial charge in [-0.05, 0) is 99.7 Å². The van der Waals surface area contributed by atoms with Crippen LogP contribution < -0.4 is 0 Å². The minimum absolute atomic E-state index is 0.00369. The summed E-state index contributed by atoms with van der Waals surface area (Å²) in [6, 6.07) is 51.8. The number of furan rings is 1. The fourth-order valence-corrected chi connectivity index (χ4v) is 9.08. The quantitative estimate of drug-likeness (QED) is 0.177. The number of benzene rings is 7. The Kier molecular flexibility index (Phi) is 7.58. The van der Waals surface area contributed by atoms with E-state index < -0.39 is 0 Å². The highest BCUT2D eigenvalue weighted by molar-refractivity contribution is 6.14. The van der Waals surface area contributed by atoms with Crippen molar-refractivity contribution in [2.45, 2.75) is 78.6 Å². The van der Waals surface area contributed by atoms with Gasteiger partial charge in [0, 0.05) is 54.8 Å². The van der Waals surface area contributed by atoms with E-state index in [1.165, 1.54) is 87.9 Å². The molecule has 0 amide bonds. The standard InChI is InChI=1S/C54H50N2O/c1-52(2,3)35-29-42-43-31-37(32-45(54(7,8)9)51(43)57-50(42)44(30-35)53(4,5)6)56-47-22-16-14-20-39(47)41-28-34(24-26-49(41)56)33-23-25-48-40(27-33)38-19-13-15-21-46(38)55(48)36-17-11-10-12-18-36/h10-32H,1-9H3. The first-order valence-electron chi connectivity index (χ1n) is 20.4. The third kappa shape index (κ3) is 5.54. The Morgan fingerprint density at radius 3 is 1.33 bits per heavy atom. The molecule has 0 bridgehead atoms. The van der Waals surface area contributed by atoms with Gasteiger partial charge in [0.2, 0.25) is 0 Å². The molecule has 0 radical (unpaired) electrons. The fraction of sp³-hybridized carbons (Fsp3) is 0.222. The van der Waals surface area contributed by atoms with Crippen LogP contribution in [0.3, 0.4) is 0 Å². The maximum atomic E-state index is 7.02. The van der Waals surface area contributed by atoms with Crippen LogP contribution in [-0.2, 0) is 16.2 Å². The van der Waals surface area contributed by atoms with Crippen molar-refractivity contribution < 1.29 is 4.42 Å². The summed E-state index contributed by atoms with van der Waals surface area (Å²) in [5.41, 5.74) is 15.1. The Bertz CT molecular complexity index is 3220. The predicted molar refractivity (Wildman–Crippen MR) is 244 cm³/mol. The molecule has 0 aliphatic carbocycles. The smallest absolute Gasteiger partial charge is 0.139 e. The van der Waals surface area contributed by atoms with Gasteiger partial charge in [0.15, 0.2) is 0 Å². The molecule has 0 atom stereocenters. The van der Waals surface area contributed by atoms with E-state index in [-0.39, 0.29) is 16.2 Å². The molecule has 3 heteroatoms. The van der Waals surface area contributed by atoms with Gasteiger partial charge in [-0.25, -0.2) is 0 Å². The maximum Gasteiger partial charge on any atom is 0.139 e. The molecule has 0 saturated heterocycles. The largest absolute Gasteiger partial charge is 0.455 e. The third-order valence-corrected chi connectivity index (χ3v) is 12.1. The number of para-hydroxylation sites is 3. The molecular formula is C54H50N2O. The summed E-state index contributed by atoms with van der Waals surface area (Å²) in [5, 5.41) is 7.38. The highest BCUT2D eigenvalue weighted by Gasteiger charge is 2.29. The molecule has 0 spiro atoms. The van der Waals surface area contributed by atoms with Crippen molar-refractivity contribution in [2.75, 3.05) is 0 Å². The van der Waals surface area contributed by atoms with Crippen molar-refractivity contribution >= 4 is 65.6 Å². The van der Waals surface area contributed by atoms with Crippen LogP contribution in [0.15, 0.2) is 144 Å². The molecule has 0 aliphatic heterocycles. The number of aromatic nitrogens is 2. The molecule has 3 nitrogen and oxygen atoms in total. The van der Waals surface area contributed by atoms with Crippen LogP contribution in [0.25, 0.3) is 88.1 Å². The van der Waals surface area contributed by atoms with Crippen molar-refractivity contribution in [2.24, 2.45) is 0 Å². The van der Waals surface area contributed by atoms with Crippen LogP contribution >= 0.6 is 0 Å². The van der Waals surface area contributed by atoms with Crippen LogP contribution in [0.5, 0.6) is 0 Å². The Labute approximate surface area is 335 Å². The molecule has 0 saturated carbocycles. The Morgan fingerprint density at radius 2 is 0.807 bits per heavy atom. The number of fused-ring (bicyclic) bond motifs is 9. The van der Waals surface area contributed by atoms with E-state index in [1.807, 2.05) is 0 Å². The fourth-order valence-electron chi connectivity index (χ4n) is 9.08. The van der Waals surface area contributed by atoms with E-state index in [0.717, 1.165) is 16.9 Å². The third-order valence-electron chi connectivity index (χ3n) is 12.1. The summed E-state index contributed by atoms with van der Waals surface area (Å²) in [6.45, 7) is 20.7. The first-order chi connectivity index (χ1) is 27.2. The Balaban J connectivity index is 1.21. The van der Waals surface area contributed by atoms with Gasteiger partial charge >= 0.3 is 0 Å². The van der Waals surface area contributed by atoms with Crippen molar-refractivity contribution in [3.05, 3.63) is 156 Å². The lowest BCUT2D eigenvalue weighted by Gasteiger charge is -2.25. The van der Waals surface area contributed by atoms with Gasteiger partial charge in [0.05, 0.1) is 22.1 Å². The van der Waals surface area contributed by atoms with Crippen molar-refractivity contribution in [1.82, 2.24) is 9.13 Å². The maximum absolute atomic E-state index is 7.02. The zero-order valence-corrected chi connectivity index (χ0v) is 34.6. The van der Waals surface area contributed by atoms with E-state index in [2.05, 4.69) is 211 Å². The van der Waals surface area contributed by atoms with Crippen LogP contribution in [-0.4, -0.2) is 9.13 Å². The predicted octanol–water partition coefficient (Wildman–Crippen LogP) is 15.3. The molecular weight excluding hydrogens is 693 g/mol. The molecule has 3 aromatic heterocycles. The zero-order valence-electron chi connectivity index (χ0n) is 34.6. The second kappa shape index (κ2) is 12.2. The van der Waals surface area contributed by atoms with E-state index >= 15 is 0 Å². The lowest BCUT2D eigenvalue weighted by molar-refractivity contribution is 0.550. The van der Waals surface area contributed by atoms with Gasteiger partial charge < -0.3 is 13.6 Å². The zero-order chi connectivity index (χ0) is 39.6. The molecule has 0 aliphatic rings.